The summed E-state index contributed by atoms with van der Waals surface area (Å²) in [6, 6.07) is 11.8. The number of carbonyl (C=O) groups excluding carboxylic acids is 1. The number of thiophene rings is 1. The number of anilines is 1. The van der Waals surface area contributed by atoms with E-state index in [1.807, 2.05) is 41.8 Å². The molecule has 1 amide bonds. The Morgan fingerprint density at radius 3 is 2.65 bits per heavy atom. The Morgan fingerprint density at radius 2 is 2.06 bits per heavy atom. The standard InChI is InChI=1S/C13H12AsNOS/c1-14-10-4-6-11(7-5-10)15-13(16)9-12-3-2-8-17-12/h2-8H,1,9H2,(H,15,16). The van der Waals surface area contributed by atoms with E-state index in [-0.39, 0.29) is 21.2 Å². The Bertz CT molecular complexity index is 505. The Labute approximate surface area is 111 Å². The average molecular weight is 305 g/mol. The minimum atomic E-state index is 0.0115. The van der Waals surface area contributed by atoms with Gasteiger partial charge in [0.25, 0.3) is 0 Å². The molecule has 0 atom stereocenters. The van der Waals surface area contributed by atoms with E-state index in [4.69, 9.17) is 0 Å². The van der Waals surface area contributed by atoms with Gasteiger partial charge in [-0.25, -0.2) is 0 Å². The predicted molar refractivity (Wildman–Crippen MR) is 75.6 cm³/mol. The van der Waals surface area contributed by atoms with Crippen LogP contribution in [0.25, 0.3) is 0 Å². The Kier molecular flexibility index (Phi) is 4.29. The zero-order valence-electron chi connectivity index (χ0n) is 9.22. The van der Waals surface area contributed by atoms with Gasteiger partial charge in [0, 0.05) is 0 Å². The molecule has 0 saturated carbocycles. The molecule has 4 heteroatoms. The topological polar surface area (TPSA) is 29.1 Å². The quantitative estimate of drug-likeness (QED) is 0.856. The fourth-order valence-electron chi connectivity index (χ4n) is 1.43. The summed E-state index contributed by atoms with van der Waals surface area (Å²) in [6.07, 6.45) is 0.445. The van der Waals surface area contributed by atoms with Crippen molar-refractivity contribution < 1.29 is 4.79 Å². The van der Waals surface area contributed by atoms with E-state index in [0.717, 1.165) is 10.6 Å². The number of carbonyl (C=O) groups is 1. The number of hydrogen-bond donors (Lipinski definition) is 1. The van der Waals surface area contributed by atoms with E-state index in [2.05, 4.69) is 10.6 Å². The van der Waals surface area contributed by atoms with E-state index in [9.17, 15) is 4.79 Å². The van der Waals surface area contributed by atoms with E-state index < -0.39 is 0 Å². The molecule has 2 rings (SSSR count). The normalized spacial score (nSPS) is 10.4. The van der Waals surface area contributed by atoms with Gasteiger partial charge < -0.3 is 0 Å². The third-order valence-electron chi connectivity index (χ3n) is 2.25. The fourth-order valence-corrected chi connectivity index (χ4v) is 2.89. The van der Waals surface area contributed by atoms with Crippen LogP contribution < -0.4 is 9.67 Å². The first-order valence-electron chi connectivity index (χ1n) is 5.17. The summed E-state index contributed by atoms with van der Waals surface area (Å²) in [6.45, 7) is 0. The molecule has 2 aromatic rings. The monoisotopic (exact) mass is 305 g/mol. The van der Waals surface area contributed by atoms with Crippen molar-refractivity contribution in [3.05, 3.63) is 46.7 Å². The molecule has 1 N–H and O–H groups in total. The minimum absolute atomic E-state index is 0.0115. The molecule has 17 heavy (non-hydrogen) atoms. The number of rotatable bonds is 4. The second-order valence-corrected chi connectivity index (χ2v) is 6.29. The van der Waals surface area contributed by atoms with Crippen LogP contribution in [0.4, 0.5) is 5.69 Å². The Morgan fingerprint density at radius 1 is 1.29 bits per heavy atom. The van der Waals surface area contributed by atoms with Gasteiger partial charge in [-0.05, 0) is 0 Å². The molecule has 1 aromatic carbocycles. The van der Waals surface area contributed by atoms with Gasteiger partial charge in [0.1, 0.15) is 0 Å². The maximum absolute atomic E-state index is 11.7. The second-order valence-electron chi connectivity index (χ2n) is 3.51. The molecule has 2 nitrogen and oxygen atoms in total. The van der Waals surface area contributed by atoms with Crippen molar-refractivity contribution >= 4 is 47.9 Å². The van der Waals surface area contributed by atoms with Crippen LogP contribution in [0.15, 0.2) is 41.8 Å². The molecule has 1 aromatic heterocycles. The third kappa shape index (κ3) is 3.65. The first-order chi connectivity index (χ1) is 8.28. The van der Waals surface area contributed by atoms with Gasteiger partial charge in [-0.1, -0.05) is 0 Å². The Hall–Kier alpha value is -1.18. The van der Waals surface area contributed by atoms with Gasteiger partial charge in [0.15, 0.2) is 0 Å². The average Bonchev–Trinajstić information content (AvgIpc) is 2.82. The molecular weight excluding hydrogens is 293 g/mol. The van der Waals surface area contributed by atoms with Crippen LogP contribution in [-0.2, 0) is 11.2 Å². The SMILES string of the molecule is C=[As]c1ccc(NC(=O)Cc2cccs2)cc1. The summed E-state index contributed by atoms with van der Waals surface area (Å²) in [5.41, 5.74) is 0.852. The van der Waals surface area contributed by atoms with Gasteiger partial charge in [0.05, 0.1) is 0 Å². The van der Waals surface area contributed by atoms with Crippen molar-refractivity contribution in [3.63, 3.8) is 0 Å². The van der Waals surface area contributed by atoms with Crippen LogP contribution in [0.1, 0.15) is 4.88 Å². The molecule has 0 aliphatic heterocycles. The van der Waals surface area contributed by atoms with Gasteiger partial charge in [-0.2, -0.15) is 0 Å². The van der Waals surface area contributed by atoms with Gasteiger partial charge in [0.2, 0.25) is 0 Å². The fraction of sp³-hybridized carbons (Fsp3) is 0.0769. The molecule has 0 spiro atoms. The van der Waals surface area contributed by atoms with Crippen molar-refractivity contribution in [2.75, 3.05) is 5.32 Å². The van der Waals surface area contributed by atoms with Gasteiger partial charge >= 0.3 is 111 Å². The molecular formula is C13H12AsNOS. The van der Waals surface area contributed by atoms with Crippen molar-refractivity contribution in [1.29, 1.82) is 0 Å². The number of amides is 1. The van der Waals surface area contributed by atoms with Crippen LogP contribution in [0.5, 0.6) is 0 Å². The second kappa shape index (κ2) is 5.94. The van der Waals surface area contributed by atoms with E-state index >= 15 is 0 Å². The van der Waals surface area contributed by atoms with Crippen LogP contribution >= 0.6 is 11.3 Å². The molecule has 0 fully saturated rings. The first-order valence-corrected chi connectivity index (χ1v) is 8.31. The summed E-state index contributed by atoms with van der Waals surface area (Å²) in [5, 5.41) is 8.77. The molecule has 0 saturated heterocycles. The molecule has 0 radical (unpaired) electrons. The molecule has 86 valence electrons. The van der Waals surface area contributed by atoms with Gasteiger partial charge in [-0.15, -0.1) is 0 Å². The third-order valence-corrected chi connectivity index (χ3v) is 4.52. The first kappa shape index (κ1) is 12.3. The number of hydrogen-bond acceptors (Lipinski definition) is 2. The van der Waals surface area contributed by atoms with Crippen molar-refractivity contribution in [2.24, 2.45) is 0 Å². The zero-order chi connectivity index (χ0) is 12.1. The molecule has 0 aliphatic rings. The van der Waals surface area contributed by atoms with Crippen molar-refractivity contribution in [1.82, 2.24) is 0 Å². The summed E-state index contributed by atoms with van der Waals surface area (Å²) >= 11 is 1.61. The van der Waals surface area contributed by atoms with E-state index in [0.29, 0.717) is 6.42 Å². The van der Waals surface area contributed by atoms with Crippen LogP contribution in [0, 0.1) is 0 Å². The maximum atomic E-state index is 11.7. The van der Waals surface area contributed by atoms with Crippen LogP contribution in [0.2, 0.25) is 0 Å². The van der Waals surface area contributed by atoms with Crippen LogP contribution in [-0.4, -0.2) is 26.5 Å². The zero-order valence-corrected chi connectivity index (χ0v) is 11.9. The van der Waals surface area contributed by atoms with E-state index in [1.165, 1.54) is 4.35 Å². The van der Waals surface area contributed by atoms with E-state index in [1.54, 1.807) is 11.3 Å². The van der Waals surface area contributed by atoms with Crippen molar-refractivity contribution in [2.45, 2.75) is 6.42 Å². The summed E-state index contributed by atoms with van der Waals surface area (Å²) < 4.78 is 1.26. The summed E-state index contributed by atoms with van der Waals surface area (Å²) in [7, 11) is 0. The van der Waals surface area contributed by atoms with Crippen molar-refractivity contribution in [3.8, 4) is 0 Å². The Balaban J connectivity index is 1.95. The molecule has 0 unspecified atom stereocenters. The van der Waals surface area contributed by atoms with Crippen LogP contribution in [0.3, 0.4) is 0 Å². The molecule has 0 bridgehead atoms. The van der Waals surface area contributed by atoms with Gasteiger partial charge in [-0.3, -0.25) is 0 Å². The molecule has 1 heterocycles. The number of benzene rings is 1. The number of nitrogens with one attached hydrogen (secondary N) is 1. The summed E-state index contributed by atoms with van der Waals surface area (Å²) in [5.74, 6) is 0.0306. The predicted octanol–water partition coefficient (Wildman–Crippen LogP) is 1.69. The summed E-state index contributed by atoms with van der Waals surface area (Å²) in [4.78, 5) is 12.8. The molecule has 0 aliphatic carbocycles.